The zero-order valence-corrected chi connectivity index (χ0v) is 17.2. The molecule has 1 aliphatic rings. The molecule has 0 amide bonds. The predicted octanol–water partition coefficient (Wildman–Crippen LogP) is 2.27. The molecule has 0 aromatic heterocycles. The van der Waals surface area contributed by atoms with Crippen molar-refractivity contribution < 1.29 is 19.4 Å². The summed E-state index contributed by atoms with van der Waals surface area (Å²) < 4.78 is 10.4. The topological polar surface area (TPSA) is 62.2 Å². The van der Waals surface area contributed by atoms with Crippen LogP contribution >= 0.6 is 0 Å². The van der Waals surface area contributed by atoms with Crippen molar-refractivity contribution in [2.24, 2.45) is 0 Å². The maximum Gasteiger partial charge on any atom is 0.309 e. The monoisotopic (exact) mass is 398 g/mol. The summed E-state index contributed by atoms with van der Waals surface area (Å²) >= 11 is 0. The van der Waals surface area contributed by atoms with Crippen molar-refractivity contribution in [3.8, 4) is 5.75 Å². The Labute approximate surface area is 172 Å². The van der Waals surface area contributed by atoms with Crippen molar-refractivity contribution in [3.63, 3.8) is 0 Å². The Morgan fingerprint density at radius 2 is 1.76 bits per heavy atom. The number of para-hydroxylation sites is 1. The number of methoxy groups -OCH3 is 1. The van der Waals surface area contributed by atoms with Gasteiger partial charge in [0.1, 0.15) is 18.5 Å². The van der Waals surface area contributed by atoms with E-state index in [0.29, 0.717) is 12.3 Å². The molecule has 1 aliphatic heterocycles. The molecule has 1 saturated heterocycles. The summed E-state index contributed by atoms with van der Waals surface area (Å²) in [6.07, 6.45) is -0.303. The number of aliphatic hydroxyl groups excluding tert-OH is 1. The van der Waals surface area contributed by atoms with Gasteiger partial charge in [-0.15, -0.1) is 0 Å². The van der Waals surface area contributed by atoms with E-state index in [1.165, 1.54) is 18.4 Å². The van der Waals surface area contributed by atoms with Crippen LogP contribution in [0.15, 0.2) is 48.5 Å². The molecule has 1 atom stereocenters. The van der Waals surface area contributed by atoms with Crippen molar-refractivity contribution >= 4 is 11.7 Å². The van der Waals surface area contributed by atoms with E-state index in [-0.39, 0.29) is 19.0 Å². The zero-order valence-electron chi connectivity index (χ0n) is 17.2. The molecule has 1 heterocycles. The van der Waals surface area contributed by atoms with E-state index in [2.05, 4.69) is 45.7 Å². The van der Waals surface area contributed by atoms with Crippen LogP contribution in [-0.4, -0.2) is 68.5 Å². The van der Waals surface area contributed by atoms with Crippen LogP contribution in [0, 0.1) is 6.92 Å². The van der Waals surface area contributed by atoms with Crippen molar-refractivity contribution in [1.82, 2.24) is 4.90 Å². The van der Waals surface area contributed by atoms with Gasteiger partial charge in [0.15, 0.2) is 0 Å². The highest BCUT2D eigenvalue weighted by molar-refractivity contribution is 5.72. The van der Waals surface area contributed by atoms with Gasteiger partial charge in [-0.2, -0.15) is 0 Å². The minimum Gasteiger partial charge on any atom is -0.491 e. The Morgan fingerprint density at radius 1 is 1.07 bits per heavy atom. The number of rotatable bonds is 8. The molecule has 0 saturated carbocycles. The molecule has 156 valence electrons. The lowest BCUT2D eigenvalue weighted by Crippen LogP contribution is -2.49. The molecular formula is C23H30N2O4. The molecule has 1 unspecified atom stereocenters. The molecule has 2 aromatic carbocycles. The first-order chi connectivity index (χ1) is 14.0. The van der Waals surface area contributed by atoms with Gasteiger partial charge in [0, 0.05) is 38.4 Å². The van der Waals surface area contributed by atoms with Crippen LogP contribution < -0.4 is 9.64 Å². The van der Waals surface area contributed by atoms with E-state index in [4.69, 9.17) is 4.74 Å². The summed E-state index contributed by atoms with van der Waals surface area (Å²) in [5, 5.41) is 10.4. The lowest BCUT2D eigenvalue weighted by Gasteiger charge is -2.37. The first-order valence-corrected chi connectivity index (χ1v) is 10.0. The van der Waals surface area contributed by atoms with Crippen LogP contribution in [0.2, 0.25) is 0 Å². The van der Waals surface area contributed by atoms with Crippen LogP contribution in [0.5, 0.6) is 5.75 Å². The molecule has 6 nitrogen and oxygen atoms in total. The number of piperazine rings is 1. The fraction of sp³-hybridized carbons (Fsp3) is 0.435. The first-order valence-electron chi connectivity index (χ1n) is 10.0. The highest BCUT2D eigenvalue weighted by Crippen LogP contribution is 2.21. The summed E-state index contributed by atoms with van der Waals surface area (Å²) in [7, 11) is 1.38. The minimum absolute atomic E-state index is 0.244. The van der Waals surface area contributed by atoms with Crippen LogP contribution in [-0.2, 0) is 16.0 Å². The maximum atomic E-state index is 11.3. The third-order valence-corrected chi connectivity index (χ3v) is 5.24. The number of carbonyl (C=O) groups excluding carboxylic acids is 1. The number of hydrogen-bond donors (Lipinski definition) is 1. The van der Waals surface area contributed by atoms with Crippen LogP contribution in [0.1, 0.15) is 11.1 Å². The van der Waals surface area contributed by atoms with E-state index in [9.17, 15) is 9.90 Å². The molecular weight excluding hydrogens is 368 g/mol. The third-order valence-electron chi connectivity index (χ3n) is 5.24. The average molecular weight is 399 g/mol. The van der Waals surface area contributed by atoms with E-state index in [1.807, 2.05) is 24.3 Å². The van der Waals surface area contributed by atoms with Gasteiger partial charge in [0.05, 0.1) is 13.5 Å². The van der Waals surface area contributed by atoms with Gasteiger partial charge in [-0.25, -0.2) is 0 Å². The first kappa shape index (κ1) is 21.1. The second-order valence-corrected chi connectivity index (χ2v) is 7.44. The van der Waals surface area contributed by atoms with Crippen molar-refractivity contribution in [2.75, 3.05) is 51.3 Å². The number of ether oxygens (including phenoxy) is 2. The minimum atomic E-state index is -0.547. The van der Waals surface area contributed by atoms with E-state index in [1.54, 1.807) is 0 Å². The number of esters is 1. The van der Waals surface area contributed by atoms with Gasteiger partial charge < -0.3 is 19.5 Å². The summed E-state index contributed by atoms with van der Waals surface area (Å²) in [5.74, 6) is 0.415. The third kappa shape index (κ3) is 6.21. The molecule has 2 aromatic rings. The standard InChI is InChI=1S/C23H30N2O4/c1-18-5-3-4-6-22(18)25-13-11-24(12-14-25)16-20(26)17-29-21-9-7-19(8-10-21)15-23(27)28-2/h3-10,20,26H,11-17H2,1-2H3. The van der Waals surface area contributed by atoms with Gasteiger partial charge in [-0.1, -0.05) is 30.3 Å². The molecule has 0 aliphatic carbocycles. The lowest BCUT2D eigenvalue weighted by molar-refractivity contribution is -0.139. The Morgan fingerprint density at radius 3 is 2.41 bits per heavy atom. The number of hydrogen-bond acceptors (Lipinski definition) is 6. The molecule has 0 spiro atoms. The second kappa shape index (κ2) is 10.3. The molecule has 6 heteroatoms. The Kier molecular flexibility index (Phi) is 7.49. The maximum absolute atomic E-state index is 11.3. The SMILES string of the molecule is COC(=O)Cc1ccc(OCC(O)CN2CCN(c3ccccc3C)CC2)cc1. The Balaban J connectivity index is 1.39. The number of aliphatic hydroxyl groups is 1. The van der Waals surface area contributed by atoms with E-state index < -0.39 is 6.10 Å². The molecule has 1 fully saturated rings. The largest absolute Gasteiger partial charge is 0.491 e. The fourth-order valence-corrected chi connectivity index (χ4v) is 3.58. The van der Waals surface area contributed by atoms with Gasteiger partial charge in [0.2, 0.25) is 0 Å². The average Bonchev–Trinajstić information content (AvgIpc) is 2.74. The highest BCUT2D eigenvalue weighted by atomic mass is 16.5. The number of carbonyl (C=O) groups is 1. The normalized spacial score (nSPS) is 15.8. The van der Waals surface area contributed by atoms with E-state index in [0.717, 1.165) is 31.7 Å². The number of benzene rings is 2. The van der Waals surface area contributed by atoms with Gasteiger partial charge >= 0.3 is 5.97 Å². The molecule has 3 rings (SSSR count). The fourth-order valence-electron chi connectivity index (χ4n) is 3.58. The van der Waals surface area contributed by atoms with Gasteiger partial charge in [-0.3, -0.25) is 9.69 Å². The van der Waals surface area contributed by atoms with Gasteiger partial charge in [0.25, 0.3) is 0 Å². The summed E-state index contributed by atoms with van der Waals surface area (Å²) in [4.78, 5) is 16.0. The predicted molar refractivity (Wildman–Crippen MR) is 113 cm³/mol. The smallest absolute Gasteiger partial charge is 0.309 e. The van der Waals surface area contributed by atoms with Gasteiger partial charge in [-0.05, 0) is 36.2 Å². The summed E-state index contributed by atoms with van der Waals surface area (Å²) in [6, 6.07) is 15.8. The molecule has 0 bridgehead atoms. The zero-order chi connectivity index (χ0) is 20.6. The Bertz CT molecular complexity index is 786. The summed E-state index contributed by atoms with van der Waals surface area (Å²) in [5.41, 5.74) is 3.47. The molecule has 1 N–H and O–H groups in total. The van der Waals surface area contributed by atoms with Crippen LogP contribution in [0.25, 0.3) is 0 Å². The highest BCUT2D eigenvalue weighted by Gasteiger charge is 2.20. The van der Waals surface area contributed by atoms with Crippen molar-refractivity contribution in [3.05, 3.63) is 59.7 Å². The molecule has 0 radical (unpaired) electrons. The Hall–Kier alpha value is -2.57. The number of β-amino-alcohol motifs (C(OH)–C–C–N with tert-alkyl or cyclic N) is 1. The lowest BCUT2D eigenvalue weighted by atomic mass is 10.1. The quantitative estimate of drug-likeness (QED) is 0.689. The van der Waals surface area contributed by atoms with Crippen LogP contribution in [0.4, 0.5) is 5.69 Å². The summed E-state index contributed by atoms with van der Waals surface area (Å²) in [6.45, 7) is 6.75. The van der Waals surface area contributed by atoms with Crippen molar-refractivity contribution in [1.29, 1.82) is 0 Å². The number of aryl methyl sites for hydroxylation is 1. The van der Waals surface area contributed by atoms with Crippen LogP contribution in [0.3, 0.4) is 0 Å². The van der Waals surface area contributed by atoms with E-state index >= 15 is 0 Å². The molecule has 29 heavy (non-hydrogen) atoms. The number of nitrogens with zero attached hydrogens (tertiary/aromatic N) is 2. The number of anilines is 1. The second-order valence-electron chi connectivity index (χ2n) is 7.44. The van der Waals surface area contributed by atoms with Crippen molar-refractivity contribution in [2.45, 2.75) is 19.4 Å².